The molecule has 2 N–H and O–H groups in total. The number of carbonyl (C=O) groups excluding carboxylic acids is 2. The summed E-state index contributed by atoms with van der Waals surface area (Å²) in [6.45, 7) is 1.08. The molecule has 124 valence electrons. The lowest BCUT2D eigenvalue weighted by Gasteiger charge is -2.14. The molecule has 3 amide bonds. The van der Waals surface area contributed by atoms with Gasteiger partial charge in [0.2, 0.25) is 5.91 Å². The Balaban J connectivity index is 1.53. The largest absolute Gasteiger partial charge is 0.350 e. The Hall–Kier alpha value is -2.89. The monoisotopic (exact) mass is 327 g/mol. The summed E-state index contributed by atoms with van der Waals surface area (Å²) in [5, 5.41) is 5.45. The van der Waals surface area contributed by atoms with E-state index in [0.717, 1.165) is 11.1 Å². The number of benzene rings is 2. The van der Waals surface area contributed by atoms with E-state index in [1.165, 1.54) is 12.1 Å². The van der Waals surface area contributed by atoms with Crippen molar-refractivity contribution in [3.63, 3.8) is 0 Å². The van der Waals surface area contributed by atoms with Gasteiger partial charge in [0.15, 0.2) is 0 Å². The molecule has 0 spiro atoms. The second-order valence-corrected chi connectivity index (χ2v) is 5.71. The maximum absolute atomic E-state index is 12.9. The number of nitrogens with one attached hydrogen (secondary N) is 2. The van der Waals surface area contributed by atoms with Gasteiger partial charge in [-0.05, 0) is 23.3 Å². The zero-order valence-corrected chi connectivity index (χ0v) is 13.0. The van der Waals surface area contributed by atoms with Gasteiger partial charge in [-0.1, -0.05) is 42.5 Å². The van der Waals surface area contributed by atoms with Gasteiger partial charge in [0.1, 0.15) is 11.9 Å². The van der Waals surface area contributed by atoms with Crippen molar-refractivity contribution >= 4 is 11.9 Å². The Bertz CT molecular complexity index is 719. The molecule has 0 aromatic heterocycles. The minimum atomic E-state index is -0.582. The van der Waals surface area contributed by atoms with Gasteiger partial charge in [0, 0.05) is 13.1 Å². The van der Waals surface area contributed by atoms with Gasteiger partial charge < -0.3 is 15.5 Å². The molecule has 1 aliphatic heterocycles. The molecule has 0 bridgehead atoms. The summed E-state index contributed by atoms with van der Waals surface area (Å²) in [4.78, 5) is 25.8. The highest BCUT2D eigenvalue weighted by Crippen LogP contribution is 2.11. The molecule has 2 aromatic rings. The van der Waals surface area contributed by atoms with E-state index in [-0.39, 0.29) is 17.8 Å². The molecule has 0 saturated carbocycles. The first-order chi connectivity index (χ1) is 11.6. The van der Waals surface area contributed by atoms with Gasteiger partial charge in [-0.2, -0.15) is 0 Å². The normalized spacial score (nSPS) is 16.8. The first-order valence-electron chi connectivity index (χ1n) is 7.73. The number of urea groups is 1. The lowest BCUT2D eigenvalue weighted by Crippen LogP contribution is -2.42. The molecule has 1 heterocycles. The van der Waals surface area contributed by atoms with Crippen molar-refractivity contribution in [3.8, 4) is 0 Å². The van der Waals surface area contributed by atoms with Crippen LogP contribution in [0.25, 0.3) is 0 Å². The summed E-state index contributed by atoms with van der Waals surface area (Å²) in [5.74, 6) is -0.562. The third-order valence-electron chi connectivity index (χ3n) is 3.90. The molecule has 3 rings (SSSR count). The van der Waals surface area contributed by atoms with E-state index >= 15 is 0 Å². The lowest BCUT2D eigenvalue weighted by molar-refractivity contribution is -0.122. The molecule has 1 fully saturated rings. The average Bonchev–Trinajstić information content (AvgIpc) is 2.96. The molecule has 6 heteroatoms. The maximum atomic E-state index is 12.9. The van der Waals surface area contributed by atoms with E-state index in [1.54, 1.807) is 17.0 Å². The Morgan fingerprint density at radius 1 is 1.12 bits per heavy atom. The fourth-order valence-corrected chi connectivity index (χ4v) is 2.59. The molecule has 1 aliphatic rings. The number of hydrogen-bond donors (Lipinski definition) is 2. The first-order valence-corrected chi connectivity index (χ1v) is 7.73. The second-order valence-electron chi connectivity index (χ2n) is 5.71. The third kappa shape index (κ3) is 3.90. The van der Waals surface area contributed by atoms with E-state index in [4.69, 9.17) is 0 Å². The van der Waals surface area contributed by atoms with E-state index in [2.05, 4.69) is 10.6 Å². The Morgan fingerprint density at radius 2 is 1.83 bits per heavy atom. The molecule has 1 atom stereocenters. The summed E-state index contributed by atoms with van der Waals surface area (Å²) in [6.07, 6.45) is 0. The van der Waals surface area contributed by atoms with Crippen LogP contribution < -0.4 is 10.6 Å². The zero-order chi connectivity index (χ0) is 16.9. The van der Waals surface area contributed by atoms with Crippen LogP contribution in [0.15, 0.2) is 54.6 Å². The molecule has 0 aliphatic carbocycles. The van der Waals surface area contributed by atoms with Crippen LogP contribution in [0.1, 0.15) is 11.1 Å². The maximum Gasteiger partial charge on any atom is 0.318 e. The van der Waals surface area contributed by atoms with E-state index in [0.29, 0.717) is 19.6 Å². The van der Waals surface area contributed by atoms with Crippen LogP contribution in [0.2, 0.25) is 0 Å². The Morgan fingerprint density at radius 3 is 2.54 bits per heavy atom. The van der Waals surface area contributed by atoms with Crippen LogP contribution in [0.4, 0.5) is 9.18 Å². The zero-order valence-electron chi connectivity index (χ0n) is 13.0. The van der Waals surface area contributed by atoms with Crippen molar-refractivity contribution in [2.75, 3.05) is 6.54 Å². The smallest absolute Gasteiger partial charge is 0.318 e. The van der Waals surface area contributed by atoms with Gasteiger partial charge >= 0.3 is 6.03 Å². The highest BCUT2D eigenvalue weighted by atomic mass is 19.1. The summed E-state index contributed by atoms with van der Waals surface area (Å²) in [6, 6.07) is 14.7. The highest BCUT2D eigenvalue weighted by molar-refractivity contribution is 5.90. The molecule has 2 aromatic carbocycles. The van der Waals surface area contributed by atoms with Gasteiger partial charge in [0.05, 0.1) is 6.54 Å². The van der Waals surface area contributed by atoms with Gasteiger partial charge in [-0.15, -0.1) is 0 Å². The standard InChI is InChI=1S/C18H18FN3O2/c19-15-8-6-13(7-9-15)10-20-17(23)16-12-22(18(24)21-16)11-14-4-2-1-3-5-14/h1-9,16H,10-12H2,(H,20,23)(H,21,24). The number of carbonyl (C=O) groups is 2. The summed E-state index contributed by atoms with van der Waals surface area (Å²) < 4.78 is 12.9. The number of amides is 3. The number of hydrogen-bond acceptors (Lipinski definition) is 2. The van der Waals surface area contributed by atoms with Crippen molar-refractivity contribution in [2.45, 2.75) is 19.1 Å². The van der Waals surface area contributed by atoms with Crippen LogP contribution in [0, 0.1) is 5.82 Å². The Labute approximate surface area is 139 Å². The van der Waals surface area contributed by atoms with Crippen LogP contribution in [0.5, 0.6) is 0 Å². The summed E-state index contributed by atoms with van der Waals surface area (Å²) in [5.41, 5.74) is 1.82. The third-order valence-corrected chi connectivity index (χ3v) is 3.90. The van der Waals surface area contributed by atoms with Crippen LogP contribution in [0.3, 0.4) is 0 Å². The van der Waals surface area contributed by atoms with Crippen molar-refractivity contribution in [2.24, 2.45) is 0 Å². The van der Waals surface area contributed by atoms with Crippen LogP contribution >= 0.6 is 0 Å². The summed E-state index contributed by atoms with van der Waals surface area (Å²) in [7, 11) is 0. The topological polar surface area (TPSA) is 61.4 Å². The minimum absolute atomic E-state index is 0.247. The Kier molecular flexibility index (Phi) is 4.74. The number of halogens is 1. The number of nitrogens with zero attached hydrogens (tertiary/aromatic N) is 1. The fraction of sp³-hybridized carbons (Fsp3) is 0.222. The van der Waals surface area contributed by atoms with Crippen molar-refractivity contribution in [1.82, 2.24) is 15.5 Å². The molecule has 1 unspecified atom stereocenters. The van der Waals surface area contributed by atoms with Crippen molar-refractivity contribution < 1.29 is 14.0 Å². The lowest BCUT2D eigenvalue weighted by atomic mass is 10.2. The highest BCUT2D eigenvalue weighted by Gasteiger charge is 2.33. The quantitative estimate of drug-likeness (QED) is 0.883. The van der Waals surface area contributed by atoms with Crippen molar-refractivity contribution in [1.29, 1.82) is 0 Å². The SMILES string of the molecule is O=C(NCc1ccc(F)cc1)C1CN(Cc2ccccc2)C(=O)N1. The average molecular weight is 327 g/mol. The van der Waals surface area contributed by atoms with Crippen LogP contribution in [-0.4, -0.2) is 29.4 Å². The molecular formula is C18H18FN3O2. The first kappa shape index (κ1) is 16.0. The van der Waals surface area contributed by atoms with Gasteiger partial charge in [-0.25, -0.2) is 9.18 Å². The summed E-state index contributed by atoms with van der Waals surface area (Å²) >= 11 is 0. The number of rotatable bonds is 5. The minimum Gasteiger partial charge on any atom is -0.350 e. The van der Waals surface area contributed by atoms with E-state index in [9.17, 15) is 14.0 Å². The predicted octanol–water partition coefficient (Wildman–Crippen LogP) is 2.04. The predicted molar refractivity (Wildman–Crippen MR) is 87.4 cm³/mol. The van der Waals surface area contributed by atoms with Crippen molar-refractivity contribution in [3.05, 3.63) is 71.5 Å². The molecule has 5 nitrogen and oxygen atoms in total. The van der Waals surface area contributed by atoms with Gasteiger partial charge in [0.25, 0.3) is 0 Å². The van der Waals surface area contributed by atoms with E-state index in [1.807, 2.05) is 30.3 Å². The van der Waals surface area contributed by atoms with Gasteiger partial charge in [-0.3, -0.25) is 4.79 Å². The molecule has 1 saturated heterocycles. The van der Waals surface area contributed by atoms with Crippen LogP contribution in [-0.2, 0) is 17.9 Å². The fourth-order valence-electron chi connectivity index (χ4n) is 2.59. The second kappa shape index (κ2) is 7.12. The molecular weight excluding hydrogens is 309 g/mol. The molecule has 24 heavy (non-hydrogen) atoms. The van der Waals surface area contributed by atoms with E-state index < -0.39 is 6.04 Å². The molecule has 0 radical (unpaired) electrons.